The number of rotatable bonds is 16. The standard InChI is InChI=1S/C29H40N2O4/c1-4-6-7-8-9-10-11-16-28(33)35-26-21-30-29(31-22-26)25-19-17-24(18-20-25)15-13-12-14-23(3)34-27(32)5-2/h10-11,17-23H,4-9,12-16H2,1-3H3/b11-10-. The number of aryl methyl sites for hydroxylation is 1. The van der Waals surface area contributed by atoms with Gasteiger partial charge in [-0.05, 0) is 51.0 Å². The second-order valence-electron chi connectivity index (χ2n) is 8.84. The summed E-state index contributed by atoms with van der Waals surface area (Å²) in [4.78, 5) is 32.0. The van der Waals surface area contributed by atoms with Crippen LogP contribution in [0.2, 0.25) is 0 Å². The molecule has 2 rings (SSSR count). The molecule has 35 heavy (non-hydrogen) atoms. The number of nitrogens with zero attached hydrogens (tertiary/aromatic N) is 2. The van der Waals surface area contributed by atoms with E-state index in [1.807, 2.05) is 38.1 Å². The third-order valence-corrected chi connectivity index (χ3v) is 5.69. The highest BCUT2D eigenvalue weighted by atomic mass is 16.5. The summed E-state index contributed by atoms with van der Waals surface area (Å²) in [6.45, 7) is 5.95. The van der Waals surface area contributed by atoms with Gasteiger partial charge < -0.3 is 9.47 Å². The van der Waals surface area contributed by atoms with Crippen molar-refractivity contribution in [3.05, 3.63) is 54.4 Å². The second kappa shape index (κ2) is 16.6. The second-order valence-corrected chi connectivity index (χ2v) is 8.84. The van der Waals surface area contributed by atoms with Gasteiger partial charge in [-0.2, -0.15) is 0 Å². The summed E-state index contributed by atoms with van der Waals surface area (Å²) in [5.74, 6) is 0.496. The molecule has 0 aliphatic carbocycles. The molecule has 1 atom stereocenters. The third kappa shape index (κ3) is 11.8. The number of unbranched alkanes of at least 4 members (excludes halogenated alkanes) is 5. The van der Waals surface area contributed by atoms with Crippen LogP contribution in [0.3, 0.4) is 0 Å². The van der Waals surface area contributed by atoms with Gasteiger partial charge in [0.05, 0.1) is 24.9 Å². The van der Waals surface area contributed by atoms with Gasteiger partial charge in [-0.15, -0.1) is 0 Å². The van der Waals surface area contributed by atoms with Crippen molar-refractivity contribution in [2.24, 2.45) is 0 Å². The van der Waals surface area contributed by atoms with E-state index in [-0.39, 0.29) is 24.5 Å². The number of hydrogen-bond acceptors (Lipinski definition) is 6. The first-order valence-electron chi connectivity index (χ1n) is 13.0. The molecular formula is C29H40N2O4. The molecule has 0 radical (unpaired) electrons. The summed E-state index contributed by atoms with van der Waals surface area (Å²) in [5.41, 5.74) is 2.16. The van der Waals surface area contributed by atoms with Gasteiger partial charge in [0.25, 0.3) is 0 Å². The van der Waals surface area contributed by atoms with Crippen LogP contribution in [0.1, 0.15) is 90.5 Å². The largest absolute Gasteiger partial charge is 0.463 e. The van der Waals surface area contributed by atoms with E-state index in [9.17, 15) is 9.59 Å². The predicted molar refractivity (Wildman–Crippen MR) is 139 cm³/mol. The van der Waals surface area contributed by atoms with Crippen molar-refractivity contribution in [3.8, 4) is 17.1 Å². The Bertz CT molecular complexity index is 907. The van der Waals surface area contributed by atoms with Crippen LogP contribution in [-0.4, -0.2) is 28.0 Å². The number of carbonyl (C=O) groups is 2. The van der Waals surface area contributed by atoms with E-state index in [4.69, 9.17) is 9.47 Å². The average molecular weight is 481 g/mol. The highest BCUT2D eigenvalue weighted by molar-refractivity contribution is 5.73. The lowest BCUT2D eigenvalue weighted by molar-refractivity contribution is -0.148. The Morgan fingerprint density at radius 2 is 1.66 bits per heavy atom. The third-order valence-electron chi connectivity index (χ3n) is 5.69. The molecule has 6 nitrogen and oxygen atoms in total. The minimum Gasteiger partial charge on any atom is -0.463 e. The van der Waals surface area contributed by atoms with Gasteiger partial charge in [-0.25, -0.2) is 9.97 Å². The smallest absolute Gasteiger partial charge is 0.315 e. The van der Waals surface area contributed by atoms with Gasteiger partial charge in [-0.3, -0.25) is 9.59 Å². The fourth-order valence-electron chi connectivity index (χ4n) is 3.63. The Balaban J connectivity index is 1.72. The van der Waals surface area contributed by atoms with E-state index in [1.165, 1.54) is 37.2 Å². The number of allylic oxidation sites excluding steroid dienone is 1. The summed E-state index contributed by atoms with van der Waals surface area (Å²) in [6, 6.07) is 8.18. The minimum atomic E-state index is -0.312. The summed E-state index contributed by atoms with van der Waals surface area (Å²) >= 11 is 0. The molecular weight excluding hydrogens is 440 g/mol. The highest BCUT2D eigenvalue weighted by Crippen LogP contribution is 2.19. The van der Waals surface area contributed by atoms with Crippen LogP contribution in [0, 0.1) is 0 Å². The molecule has 0 spiro atoms. The molecule has 0 N–H and O–H groups in total. The van der Waals surface area contributed by atoms with Crippen LogP contribution in [0.5, 0.6) is 5.75 Å². The summed E-state index contributed by atoms with van der Waals surface area (Å²) < 4.78 is 10.6. The monoisotopic (exact) mass is 480 g/mol. The number of carbonyl (C=O) groups excluding carboxylic acids is 2. The molecule has 0 bridgehead atoms. The van der Waals surface area contributed by atoms with Crippen molar-refractivity contribution in [3.63, 3.8) is 0 Å². The lowest BCUT2D eigenvalue weighted by atomic mass is 10.0. The summed E-state index contributed by atoms with van der Waals surface area (Å²) in [6.07, 6.45) is 17.4. The number of aromatic nitrogens is 2. The molecule has 1 aromatic heterocycles. The lowest BCUT2D eigenvalue weighted by Gasteiger charge is -2.12. The van der Waals surface area contributed by atoms with E-state index < -0.39 is 0 Å². The van der Waals surface area contributed by atoms with Crippen LogP contribution in [-0.2, 0) is 20.7 Å². The Hall–Kier alpha value is -3.02. The van der Waals surface area contributed by atoms with Gasteiger partial charge in [0.15, 0.2) is 11.6 Å². The molecule has 6 heteroatoms. The van der Waals surface area contributed by atoms with Crippen LogP contribution in [0.15, 0.2) is 48.8 Å². The molecule has 1 aromatic carbocycles. The Labute approximate surface area is 210 Å². The van der Waals surface area contributed by atoms with Crippen molar-refractivity contribution < 1.29 is 19.1 Å². The average Bonchev–Trinajstić information content (AvgIpc) is 2.87. The molecule has 0 saturated carbocycles. The molecule has 0 fully saturated rings. The Morgan fingerprint density at radius 3 is 2.34 bits per heavy atom. The van der Waals surface area contributed by atoms with Crippen molar-refractivity contribution in [2.45, 2.75) is 97.5 Å². The highest BCUT2D eigenvalue weighted by Gasteiger charge is 2.08. The number of ether oxygens (including phenoxy) is 2. The normalized spacial score (nSPS) is 12.0. The van der Waals surface area contributed by atoms with Gasteiger partial charge in [-0.1, -0.05) is 69.5 Å². The maximum atomic E-state index is 12.0. The first kappa shape index (κ1) is 28.2. The van der Waals surface area contributed by atoms with E-state index in [2.05, 4.69) is 29.0 Å². The van der Waals surface area contributed by atoms with E-state index in [0.717, 1.165) is 44.1 Å². The molecule has 190 valence electrons. The fourth-order valence-corrected chi connectivity index (χ4v) is 3.63. The van der Waals surface area contributed by atoms with E-state index >= 15 is 0 Å². The zero-order chi connectivity index (χ0) is 25.3. The maximum absolute atomic E-state index is 12.0. The van der Waals surface area contributed by atoms with Crippen molar-refractivity contribution >= 4 is 11.9 Å². The first-order chi connectivity index (χ1) is 17.0. The Kier molecular flexibility index (Phi) is 13.4. The van der Waals surface area contributed by atoms with Crippen LogP contribution < -0.4 is 4.74 Å². The number of benzene rings is 1. The molecule has 0 aliphatic heterocycles. The quantitative estimate of drug-likeness (QED) is 0.146. The SMILES string of the molecule is CCCCCC/C=C\CC(=O)Oc1cnc(-c2ccc(CCCCC(C)OC(=O)CC)cc2)nc1. The molecule has 2 aromatic rings. The topological polar surface area (TPSA) is 78.4 Å². The van der Waals surface area contributed by atoms with Gasteiger partial charge in [0.1, 0.15) is 0 Å². The lowest BCUT2D eigenvalue weighted by Crippen LogP contribution is -2.13. The summed E-state index contributed by atoms with van der Waals surface area (Å²) in [7, 11) is 0. The van der Waals surface area contributed by atoms with Crippen molar-refractivity contribution in [2.75, 3.05) is 0 Å². The molecule has 0 aliphatic rings. The molecule has 0 amide bonds. The van der Waals surface area contributed by atoms with E-state index in [0.29, 0.717) is 18.0 Å². The number of esters is 2. The first-order valence-corrected chi connectivity index (χ1v) is 13.0. The van der Waals surface area contributed by atoms with Crippen LogP contribution in [0.25, 0.3) is 11.4 Å². The molecule has 0 saturated heterocycles. The van der Waals surface area contributed by atoms with E-state index in [1.54, 1.807) is 0 Å². The number of hydrogen-bond donors (Lipinski definition) is 0. The van der Waals surface area contributed by atoms with Gasteiger partial charge in [0, 0.05) is 12.0 Å². The van der Waals surface area contributed by atoms with Crippen LogP contribution >= 0.6 is 0 Å². The summed E-state index contributed by atoms with van der Waals surface area (Å²) in [5, 5.41) is 0. The van der Waals surface area contributed by atoms with Crippen molar-refractivity contribution in [1.82, 2.24) is 9.97 Å². The maximum Gasteiger partial charge on any atom is 0.315 e. The fraction of sp³-hybridized carbons (Fsp3) is 0.517. The predicted octanol–water partition coefficient (Wildman–Crippen LogP) is 7.02. The molecule has 1 unspecified atom stereocenters. The molecule has 1 heterocycles. The minimum absolute atomic E-state index is 0.0268. The van der Waals surface area contributed by atoms with Crippen LogP contribution in [0.4, 0.5) is 0 Å². The van der Waals surface area contributed by atoms with Gasteiger partial charge >= 0.3 is 11.9 Å². The zero-order valence-corrected chi connectivity index (χ0v) is 21.5. The Morgan fingerprint density at radius 1 is 0.914 bits per heavy atom. The van der Waals surface area contributed by atoms with Crippen molar-refractivity contribution in [1.29, 1.82) is 0 Å². The zero-order valence-electron chi connectivity index (χ0n) is 21.5. The van der Waals surface area contributed by atoms with Gasteiger partial charge in [0.2, 0.25) is 0 Å².